The van der Waals surface area contributed by atoms with Crippen LogP contribution in [-0.2, 0) is 19.1 Å². The summed E-state index contributed by atoms with van der Waals surface area (Å²) in [5.41, 5.74) is 0. The van der Waals surface area contributed by atoms with Crippen molar-refractivity contribution in [2.24, 2.45) is 5.92 Å². The van der Waals surface area contributed by atoms with E-state index in [2.05, 4.69) is 10.1 Å². The normalized spacial score (nSPS) is 11.9. The third-order valence-corrected chi connectivity index (χ3v) is 2.88. The van der Waals surface area contributed by atoms with Gasteiger partial charge in [0.05, 0.1) is 20.1 Å². The van der Waals surface area contributed by atoms with Gasteiger partial charge < -0.3 is 24.8 Å². The SMILES string of the molecule is COCCN(CCC(=O)OC)C(=O)N[C@H](C(=O)O)C(C)C. The van der Waals surface area contributed by atoms with Crippen LogP contribution in [0, 0.1) is 5.92 Å². The molecule has 122 valence electrons. The van der Waals surface area contributed by atoms with Crippen molar-refractivity contribution in [1.82, 2.24) is 10.2 Å². The fourth-order valence-corrected chi connectivity index (χ4v) is 1.58. The molecule has 1 atom stereocenters. The minimum atomic E-state index is -1.10. The number of carbonyl (C=O) groups excluding carboxylic acids is 2. The maximum absolute atomic E-state index is 12.1. The number of amides is 2. The number of carboxylic acids is 1. The third-order valence-electron chi connectivity index (χ3n) is 2.88. The number of nitrogens with one attached hydrogen (secondary N) is 1. The topological polar surface area (TPSA) is 105 Å². The highest BCUT2D eigenvalue weighted by Gasteiger charge is 2.26. The summed E-state index contributed by atoms with van der Waals surface area (Å²) in [5.74, 6) is -1.79. The molecule has 0 aliphatic heterocycles. The Bertz CT molecular complexity index is 359. The van der Waals surface area contributed by atoms with E-state index in [9.17, 15) is 14.4 Å². The van der Waals surface area contributed by atoms with Crippen LogP contribution in [0.1, 0.15) is 20.3 Å². The van der Waals surface area contributed by atoms with Crippen LogP contribution >= 0.6 is 0 Å². The molecule has 0 radical (unpaired) electrons. The molecule has 0 heterocycles. The van der Waals surface area contributed by atoms with Crippen molar-refractivity contribution >= 4 is 18.0 Å². The smallest absolute Gasteiger partial charge is 0.326 e. The van der Waals surface area contributed by atoms with Gasteiger partial charge in [0.15, 0.2) is 0 Å². The molecule has 8 heteroatoms. The van der Waals surface area contributed by atoms with Crippen molar-refractivity contribution in [2.75, 3.05) is 33.9 Å². The first-order chi connectivity index (χ1) is 9.83. The molecule has 21 heavy (non-hydrogen) atoms. The highest BCUT2D eigenvalue weighted by atomic mass is 16.5. The molecule has 0 aromatic heterocycles. The number of ether oxygens (including phenoxy) is 2. The molecule has 0 aromatic rings. The Hall–Kier alpha value is -1.83. The van der Waals surface area contributed by atoms with Gasteiger partial charge >= 0.3 is 18.0 Å². The van der Waals surface area contributed by atoms with E-state index >= 15 is 0 Å². The Kier molecular flexibility index (Phi) is 9.11. The van der Waals surface area contributed by atoms with E-state index in [-0.39, 0.29) is 32.0 Å². The molecule has 8 nitrogen and oxygen atoms in total. The summed E-state index contributed by atoms with van der Waals surface area (Å²) < 4.78 is 9.42. The van der Waals surface area contributed by atoms with Crippen molar-refractivity contribution in [3.63, 3.8) is 0 Å². The molecular weight excluding hydrogens is 280 g/mol. The van der Waals surface area contributed by atoms with Crippen molar-refractivity contribution in [3.8, 4) is 0 Å². The number of rotatable bonds is 9. The highest BCUT2D eigenvalue weighted by Crippen LogP contribution is 2.04. The van der Waals surface area contributed by atoms with Gasteiger partial charge in [-0.3, -0.25) is 4.79 Å². The molecule has 2 amide bonds. The number of hydrogen-bond donors (Lipinski definition) is 2. The fourth-order valence-electron chi connectivity index (χ4n) is 1.58. The van der Waals surface area contributed by atoms with Gasteiger partial charge in [-0.25, -0.2) is 9.59 Å². The Morgan fingerprint density at radius 2 is 1.81 bits per heavy atom. The van der Waals surface area contributed by atoms with Crippen molar-refractivity contribution in [3.05, 3.63) is 0 Å². The van der Waals surface area contributed by atoms with Crippen LogP contribution in [0.3, 0.4) is 0 Å². The average Bonchev–Trinajstić information content (AvgIpc) is 2.43. The maximum Gasteiger partial charge on any atom is 0.326 e. The van der Waals surface area contributed by atoms with Gasteiger partial charge in [-0.2, -0.15) is 0 Å². The second-order valence-corrected chi connectivity index (χ2v) is 4.82. The van der Waals surface area contributed by atoms with Crippen LogP contribution in [0.4, 0.5) is 4.79 Å². The number of carbonyl (C=O) groups is 3. The number of urea groups is 1. The number of methoxy groups -OCH3 is 2. The summed E-state index contributed by atoms with van der Waals surface area (Å²) in [4.78, 5) is 35.7. The molecule has 0 aliphatic rings. The van der Waals surface area contributed by atoms with Crippen molar-refractivity contribution in [1.29, 1.82) is 0 Å². The largest absolute Gasteiger partial charge is 0.480 e. The van der Waals surface area contributed by atoms with Crippen molar-refractivity contribution < 1.29 is 29.0 Å². The lowest BCUT2D eigenvalue weighted by Gasteiger charge is -2.26. The molecule has 2 N–H and O–H groups in total. The lowest BCUT2D eigenvalue weighted by Crippen LogP contribution is -2.51. The van der Waals surface area contributed by atoms with Gasteiger partial charge in [0, 0.05) is 20.2 Å². The Morgan fingerprint density at radius 3 is 2.24 bits per heavy atom. The van der Waals surface area contributed by atoms with Gasteiger partial charge in [-0.1, -0.05) is 13.8 Å². The van der Waals surface area contributed by atoms with Gasteiger partial charge in [0.2, 0.25) is 0 Å². The number of esters is 1. The van der Waals surface area contributed by atoms with Crippen LogP contribution in [0.2, 0.25) is 0 Å². The maximum atomic E-state index is 12.1. The second-order valence-electron chi connectivity index (χ2n) is 4.82. The molecule has 0 saturated carbocycles. The Labute approximate surface area is 124 Å². The van der Waals surface area contributed by atoms with Crippen LogP contribution < -0.4 is 5.32 Å². The van der Waals surface area contributed by atoms with E-state index in [1.54, 1.807) is 13.8 Å². The van der Waals surface area contributed by atoms with E-state index in [0.29, 0.717) is 0 Å². The molecule has 0 aromatic carbocycles. The highest BCUT2D eigenvalue weighted by molar-refractivity contribution is 5.83. The lowest BCUT2D eigenvalue weighted by molar-refractivity contribution is -0.141. The third kappa shape index (κ3) is 7.50. The van der Waals surface area contributed by atoms with Crippen LogP contribution in [0.5, 0.6) is 0 Å². The van der Waals surface area contributed by atoms with E-state index < -0.39 is 24.0 Å². The number of aliphatic carboxylic acids is 1. The van der Waals surface area contributed by atoms with E-state index in [1.165, 1.54) is 19.1 Å². The monoisotopic (exact) mass is 304 g/mol. The minimum absolute atomic E-state index is 0.0348. The lowest BCUT2D eigenvalue weighted by atomic mass is 10.1. The summed E-state index contributed by atoms with van der Waals surface area (Å²) in [6.45, 7) is 4.07. The first-order valence-electron chi connectivity index (χ1n) is 6.67. The number of carboxylic acid groups (broad SMARTS) is 1. The zero-order valence-corrected chi connectivity index (χ0v) is 12.9. The molecule has 0 spiro atoms. The van der Waals surface area contributed by atoms with Crippen LogP contribution in [0.25, 0.3) is 0 Å². The first-order valence-corrected chi connectivity index (χ1v) is 6.67. The quantitative estimate of drug-likeness (QED) is 0.594. The number of nitrogens with zero attached hydrogens (tertiary/aromatic N) is 1. The molecule has 0 saturated heterocycles. The van der Waals surface area contributed by atoms with E-state index in [0.717, 1.165) is 0 Å². The zero-order chi connectivity index (χ0) is 16.4. The summed E-state index contributed by atoms with van der Waals surface area (Å²) in [7, 11) is 2.76. The van der Waals surface area contributed by atoms with Gasteiger partial charge in [-0.05, 0) is 5.92 Å². The second kappa shape index (κ2) is 9.98. The Balaban J connectivity index is 4.68. The molecular formula is C13H24N2O6. The Morgan fingerprint density at radius 1 is 1.19 bits per heavy atom. The zero-order valence-electron chi connectivity index (χ0n) is 12.9. The summed E-state index contributed by atoms with van der Waals surface area (Å²) in [5, 5.41) is 11.5. The minimum Gasteiger partial charge on any atom is -0.480 e. The predicted octanol–water partition coefficient (Wildman–Crippen LogP) is 0.317. The van der Waals surface area contributed by atoms with E-state index in [1.807, 2.05) is 0 Å². The first kappa shape index (κ1) is 19.2. The molecule has 0 unspecified atom stereocenters. The summed E-state index contributed by atoms with van der Waals surface area (Å²) in [6.07, 6.45) is 0.0348. The van der Waals surface area contributed by atoms with Crippen LogP contribution in [0.15, 0.2) is 0 Å². The van der Waals surface area contributed by atoms with Gasteiger partial charge in [0.25, 0.3) is 0 Å². The predicted molar refractivity (Wildman–Crippen MR) is 74.9 cm³/mol. The molecule has 0 fully saturated rings. The average molecular weight is 304 g/mol. The van der Waals surface area contributed by atoms with E-state index in [4.69, 9.17) is 9.84 Å². The van der Waals surface area contributed by atoms with Gasteiger partial charge in [-0.15, -0.1) is 0 Å². The van der Waals surface area contributed by atoms with Crippen LogP contribution in [-0.4, -0.2) is 67.9 Å². The number of hydrogen-bond acceptors (Lipinski definition) is 5. The molecule has 0 aliphatic carbocycles. The van der Waals surface area contributed by atoms with Crippen molar-refractivity contribution in [2.45, 2.75) is 26.3 Å². The fraction of sp³-hybridized carbons (Fsp3) is 0.769. The molecule has 0 rings (SSSR count). The summed E-state index contributed by atoms with van der Waals surface area (Å²) >= 11 is 0. The molecule has 0 bridgehead atoms. The summed E-state index contributed by atoms with van der Waals surface area (Å²) in [6, 6.07) is -1.53. The van der Waals surface area contributed by atoms with Gasteiger partial charge in [0.1, 0.15) is 6.04 Å². The standard InChI is InChI=1S/C13H24N2O6/c1-9(2)11(12(17)18)14-13(19)15(7-8-20-3)6-5-10(16)21-4/h9,11H,5-8H2,1-4H3,(H,14,19)(H,17,18)/t11-/m0/s1.